The average molecular weight is 665 g/mol. The summed E-state index contributed by atoms with van der Waals surface area (Å²) in [6.45, 7) is 0. The molecule has 10 rings (SSSR count). The van der Waals surface area contributed by atoms with Crippen LogP contribution in [0.25, 0.3) is 60.2 Å². The molecule has 1 heterocycles. The van der Waals surface area contributed by atoms with E-state index < -0.39 is 0 Å². The number of hydrogen-bond acceptors (Lipinski definition) is 1. The Balaban J connectivity index is 1.05. The fraction of sp³-hybridized carbons (Fsp3) is 0.0400. The molecule has 1 aliphatic rings. The summed E-state index contributed by atoms with van der Waals surface area (Å²) >= 11 is 0. The molecule has 2 nitrogen and oxygen atoms in total. The van der Waals surface area contributed by atoms with Crippen LogP contribution in [0.15, 0.2) is 206 Å². The molecule has 0 saturated carbocycles. The lowest BCUT2D eigenvalue weighted by Gasteiger charge is -2.30. The molecule has 52 heavy (non-hydrogen) atoms. The number of rotatable bonds is 6. The second-order valence-corrected chi connectivity index (χ2v) is 13.7. The Morgan fingerprint density at radius 3 is 1.88 bits per heavy atom. The van der Waals surface area contributed by atoms with Crippen molar-refractivity contribution in [2.24, 2.45) is 0 Å². The standard InChI is InChI=1S/C50H36N2/c1-2-12-35(13-3-1)37-22-27-42(28-23-37)51(44-31-24-36-14-4-5-15-39(36)32-44)43-29-25-38(26-30-43)45-18-8-10-20-48(45)52-49-21-11-9-19-46(49)47-33-40-16-6-7-17-41(40)34-50(47)52/h1-25,27-34,38H,26H2. The van der Waals surface area contributed by atoms with Crippen LogP contribution in [0.3, 0.4) is 0 Å². The van der Waals surface area contributed by atoms with E-state index in [4.69, 9.17) is 0 Å². The molecule has 1 atom stereocenters. The van der Waals surface area contributed by atoms with Gasteiger partial charge in [-0.2, -0.15) is 0 Å². The molecular weight excluding hydrogens is 629 g/mol. The zero-order valence-corrected chi connectivity index (χ0v) is 28.7. The van der Waals surface area contributed by atoms with Gasteiger partial charge in [0, 0.05) is 39.4 Å². The van der Waals surface area contributed by atoms with Crippen LogP contribution in [-0.2, 0) is 0 Å². The SMILES string of the molecule is C1=CC(c2ccccc2-n2c3ccccc3c3cc4ccccc4cc32)CC=C1N(c1ccc(-c2ccccc2)cc1)c1ccc2ccccc2c1. The fourth-order valence-corrected chi connectivity index (χ4v) is 8.12. The Kier molecular flexibility index (Phi) is 7.32. The van der Waals surface area contributed by atoms with Gasteiger partial charge in [-0.15, -0.1) is 0 Å². The summed E-state index contributed by atoms with van der Waals surface area (Å²) in [5, 5.41) is 7.57. The van der Waals surface area contributed by atoms with Crippen molar-refractivity contribution in [3.63, 3.8) is 0 Å². The summed E-state index contributed by atoms with van der Waals surface area (Å²) in [5.41, 5.74) is 10.9. The highest BCUT2D eigenvalue weighted by Crippen LogP contribution is 2.41. The highest BCUT2D eigenvalue weighted by atomic mass is 15.1. The third-order valence-electron chi connectivity index (χ3n) is 10.7. The van der Waals surface area contributed by atoms with E-state index >= 15 is 0 Å². The maximum absolute atomic E-state index is 2.48. The summed E-state index contributed by atoms with van der Waals surface area (Å²) in [6, 6.07) is 66.2. The Labute approximate surface area is 303 Å². The van der Waals surface area contributed by atoms with Crippen molar-refractivity contribution in [1.82, 2.24) is 4.57 Å². The molecule has 0 aliphatic heterocycles. The zero-order valence-electron chi connectivity index (χ0n) is 28.7. The number of allylic oxidation sites excluding steroid dienone is 3. The molecule has 0 fully saturated rings. The summed E-state index contributed by atoms with van der Waals surface area (Å²) in [6.07, 6.45) is 8.05. The number of aromatic nitrogens is 1. The first-order valence-electron chi connectivity index (χ1n) is 18.1. The molecule has 0 bridgehead atoms. The van der Waals surface area contributed by atoms with Gasteiger partial charge in [0.05, 0.1) is 11.0 Å². The van der Waals surface area contributed by atoms with E-state index in [2.05, 4.69) is 210 Å². The van der Waals surface area contributed by atoms with E-state index in [0.717, 1.165) is 17.8 Å². The Hall–Kier alpha value is -6.64. The van der Waals surface area contributed by atoms with Gasteiger partial charge in [-0.1, -0.05) is 146 Å². The van der Waals surface area contributed by atoms with Crippen LogP contribution in [0.5, 0.6) is 0 Å². The van der Waals surface area contributed by atoms with Gasteiger partial charge in [0.25, 0.3) is 0 Å². The lowest BCUT2D eigenvalue weighted by molar-refractivity contribution is 0.831. The normalized spacial score (nSPS) is 14.3. The fourth-order valence-electron chi connectivity index (χ4n) is 8.12. The molecule has 1 unspecified atom stereocenters. The van der Waals surface area contributed by atoms with E-state index in [9.17, 15) is 0 Å². The second kappa shape index (κ2) is 12.6. The quantitative estimate of drug-likeness (QED) is 0.172. The second-order valence-electron chi connectivity index (χ2n) is 13.7. The van der Waals surface area contributed by atoms with Gasteiger partial charge >= 0.3 is 0 Å². The van der Waals surface area contributed by atoms with Gasteiger partial charge < -0.3 is 9.47 Å². The molecule has 9 aromatic rings. The highest BCUT2D eigenvalue weighted by molar-refractivity contribution is 6.13. The van der Waals surface area contributed by atoms with Crippen molar-refractivity contribution in [1.29, 1.82) is 0 Å². The number of fused-ring (bicyclic) bond motifs is 5. The van der Waals surface area contributed by atoms with Crippen LogP contribution in [0.4, 0.5) is 11.4 Å². The van der Waals surface area contributed by atoms with Crippen molar-refractivity contribution in [3.8, 4) is 16.8 Å². The van der Waals surface area contributed by atoms with Gasteiger partial charge in [-0.3, -0.25) is 0 Å². The number of anilines is 2. The van der Waals surface area contributed by atoms with Gasteiger partial charge in [0.2, 0.25) is 0 Å². The smallest absolute Gasteiger partial charge is 0.0547 e. The first-order valence-corrected chi connectivity index (χ1v) is 18.1. The molecule has 1 aliphatic carbocycles. The van der Waals surface area contributed by atoms with Crippen LogP contribution in [0, 0.1) is 0 Å². The van der Waals surface area contributed by atoms with Gasteiger partial charge in [0.15, 0.2) is 0 Å². The molecule has 0 saturated heterocycles. The lowest BCUT2D eigenvalue weighted by atomic mass is 9.89. The Morgan fingerprint density at radius 2 is 1.10 bits per heavy atom. The molecule has 1 aromatic heterocycles. The number of nitrogens with zero attached hydrogens (tertiary/aromatic N) is 2. The predicted molar refractivity (Wildman–Crippen MR) is 221 cm³/mol. The topological polar surface area (TPSA) is 8.17 Å². The van der Waals surface area contributed by atoms with Crippen molar-refractivity contribution in [2.45, 2.75) is 12.3 Å². The average Bonchev–Trinajstić information content (AvgIpc) is 3.54. The monoisotopic (exact) mass is 664 g/mol. The lowest BCUT2D eigenvalue weighted by Crippen LogP contribution is -2.17. The first kappa shape index (κ1) is 30.2. The summed E-state index contributed by atoms with van der Waals surface area (Å²) in [5.74, 6) is 0.232. The van der Waals surface area contributed by atoms with Crippen LogP contribution in [0.2, 0.25) is 0 Å². The molecule has 0 radical (unpaired) electrons. The van der Waals surface area contributed by atoms with Gasteiger partial charge in [-0.25, -0.2) is 0 Å². The molecule has 0 spiro atoms. The van der Waals surface area contributed by atoms with Crippen molar-refractivity contribution >= 4 is 54.7 Å². The Bertz CT molecular complexity index is 2820. The minimum Gasteiger partial charge on any atom is -0.311 e. The number of para-hydroxylation sites is 2. The minimum atomic E-state index is 0.232. The van der Waals surface area contributed by atoms with Crippen molar-refractivity contribution in [2.75, 3.05) is 4.90 Å². The van der Waals surface area contributed by atoms with Crippen molar-refractivity contribution in [3.05, 3.63) is 211 Å². The third kappa shape index (κ3) is 5.20. The molecule has 2 heteroatoms. The highest BCUT2D eigenvalue weighted by Gasteiger charge is 2.22. The van der Waals surface area contributed by atoms with E-state index in [1.165, 1.54) is 71.4 Å². The molecule has 0 amide bonds. The largest absolute Gasteiger partial charge is 0.311 e. The van der Waals surface area contributed by atoms with E-state index in [1.54, 1.807) is 0 Å². The van der Waals surface area contributed by atoms with Gasteiger partial charge in [0.1, 0.15) is 0 Å². The minimum absolute atomic E-state index is 0.232. The first-order chi connectivity index (χ1) is 25.8. The molecular formula is C50H36N2. The van der Waals surface area contributed by atoms with Crippen LogP contribution in [-0.4, -0.2) is 4.57 Å². The molecule has 0 N–H and O–H groups in total. The third-order valence-corrected chi connectivity index (χ3v) is 10.7. The van der Waals surface area contributed by atoms with Crippen LogP contribution in [0.1, 0.15) is 17.9 Å². The predicted octanol–water partition coefficient (Wildman–Crippen LogP) is 13.5. The number of benzene rings is 8. The van der Waals surface area contributed by atoms with E-state index in [1.807, 2.05) is 0 Å². The van der Waals surface area contributed by atoms with E-state index in [-0.39, 0.29) is 5.92 Å². The Morgan fingerprint density at radius 1 is 0.462 bits per heavy atom. The number of hydrogen-bond donors (Lipinski definition) is 0. The summed E-state index contributed by atoms with van der Waals surface area (Å²) in [7, 11) is 0. The van der Waals surface area contributed by atoms with Crippen LogP contribution >= 0.6 is 0 Å². The van der Waals surface area contributed by atoms with Crippen molar-refractivity contribution < 1.29 is 0 Å². The zero-order chi connectivity index (χ0) is 34.4. The van der Waals surface area contributed by atoms with Gasteiger partial charge in [-0.05, 0) is 99.3 Å². The summed E-state index contributed by atoms with van der Waals surface area (Å²) in [4.78, 5) is 2.40. The maximum Gasteiger partial charge on any atom is 0.0547 e. The van der Waals surface area contributed by atoms with Crippen LogP contribution < -0.4 is 4.90 Å². The molecule has 8 aromatic carbocycles. The molecule has 246 valence electrons. The van der Waals surface area contributed by atoms with E-state index in [0.29, 0.717) is 0 Å². The summed E-state index contributed by atoms with van der Waals surface area (Å²) < 4.78 is 2.48. The maximum atomic E-state index is 2.48.